The standard InChI is InChI=1S/C7H5BrN4O3/c1-3-5(8)6-9-2-4(12(14)15)7(13)11(6)10-3/h2,10H,1H3. The molecule has 0 aromatic carbocycles. The maximum absolute atomic E-state index is 11.6. The molecule has 0 spiro atoms. The second-order valence-electron chi connectivity index (χ2n) is 2.92. The Morgan fingerprint density at radius 3 is 2.93 bits per heavy atom. The molecule has 0 radical (unpaired) electrons. The van der Waals surface area contributed by atoms with Crippen LogP contribution >= 0.6 is 15.9 Å². The topological polar surface area (TPSA) is 93.3 Å². The van der Waals surface area contributed by atoms with Gasteiger partial charge in [-0.1, -0.05) is 0 Å². The number of hydrogen-bond donors (Lipinski definition) is 1. The summed E-state index contributed by atoms with van der Waals surface area (Å²) in [6, 6.07) is 0. The second kappa shape index (κ2) is 3.16. The summed E-state index contributed by atoms with van der Waals surface area (Å²) in [5.74, 6) is 0. The number of H-pyrrole nitrogens is 1. The first-order valence-electron chi connectivity index (χ1n) is 3.92. The van der Waals surface area contributed by atoms with E-state index in [-0.39, 0.29) is 0 Å². The highest BCUT2D eigenvalue weighted by molar-refractivity contribution is 9.10. The first-order chi connectivity index (χ1) is 7.02. The van der Waals surface area contributed by atoms with Crippen LogP contribution < -0.4 is 5.56 Å². The third-order valence-corrected chi connectivity index (χ3v) is 2.89. The summed E-state index contributed by atoms with van der Waals surface area (Å²) in [5, 5.41) is 13.2. The minimum Gasteiger partial charge on any atom is -0.293 e. The highest BCUT2D eigenvalue weighted by Gasteiger charge is 2.18. The van der Waals surface area contributed by atoms with Gasteiger partial charge in [-0.05, 0) is 22.9 Å². The molecule has 0 saturated heterocycles. The molecule has 0 aliphatic carbocycles. The molecule has 0 amide bonds. The SMILES string of the molecule is Cc1[nH]n2c(=O)c([N+](=O)[O-])cnc2c1Br. The highest BCUT2D eigenvalue weighted by atomic mass is 79.9. The number of aromatic amines is 1. The largest absolute Gasteiger partial charge is 0.354 e. The lowest BCUT2D eigenvalue weighted by molar-refractivity contribution is -0.386. The number of aryl methyl sites for hydroxylation is 1. The van der Waals surface area contributed by atoms with Gasteiger partial charge in [-0.3, -0.25) is 20.0 Å². The van der Waals surface area contributed by atoms with E-state index in [9.17, 15) is 14.9 Å². The van der Waals surface area contributed by atoms with Gasteiger partial charge in [0.15, 0.2) is 5.65 Å². The van der Waals surface area contributed by atoms with Crippen LogP contribution in [0.25, 0.3) is 5.65 Å². The third-order valence-electron chi connectivity index (χ3n) is 1.94. The predicted octanol–water partition coefficient (Wildman–Crippen LogP) is 1.00. The van der Waals surface area contributed by atoms with E-state index in [0.717, 1.165) is 10.7 Å². The fourth-order valence-electron chi connectivity index (χ4n) is 1.21. The number of halogens is 1. The van der Waals surface area contributed by atoms with Crippen molar-refractivity contribution in [3.8, 4) is 0 Å². The fourth-order valence-corrected chi connectivity index (χ4v) is 1.58. The van der Waals surface area contributed by atoms with Crippen LogP contribution in [0.1, 0.15) is 5.69 Å². The van der Waals surface area contributed by atoms with Crippen LogP contribution in [0.4, 0.5) is 5.69 Å². The Bertz CT molecular complexity index is 614. The number of rotatable bonds is 1. The van der Waals surface area contributed by atoms with Crippen LogP contribution in [0, 0.1) is 17.0 Å². The van der Waals surface area contributed by atoms with E-state index >= 15 is 0 Å². The minimum atomic E-state index is -0.758. The number of nitro groups is 1. The van der Waals surface area contributed by atoms with Gasteiger partial charge >= 0.3 is 11.2 Å². The van der Waals surface area contributed by atoms with Crippen LogP contribution in [-0.4, -0.2) is 19.5 Å². The van der Waals surface area contributed by atoms with Crippen molar-refractivity contribution in [1.29, 1.82) is 0 Å². The molecule has 15 heavy (non-hydrogen) atoms. The van der Waals surface area contributed by atoms with Crippen LogP contribution in [0.5, 0.6) is 0 Å². The molecule has 0 bridgehead atoms. The second-order valence-corrected chi connectivity index (χ2v) is 3.71. The fraction of sp³-hybridized carbons (Fsp3) is 0.143. The molecule has 0 aliphatic heterocycles. The number of aromatic nitrogens is 3. The summed E-state index contributed by atoms with van der Waals surface area (Å²) < 4.78 is 1.66. The van der Waals surface area contributed by atoms with Gasteiger partial charge in [0.1, 0.15) is 6.20 Å². The van der Waals surface area contributed by atoms with Crippen molar-refractivity contribution < 1.29 is 4.92 Å². The van der Waals surface area contributed by atoms with Crippen molar-refractivity contribution in [2.45, 2.75) is 6.92 Å². The normalized spacial score (nSPS) is 10.8. The predicted molar refractivity (Wildman–Crippen MR) is 54.9 cm³/mol. The van der Waals surface area contributed by atoms with Gasteiger partial charge in [-0.2, -0.15) is 4.52 Å². The Kier molecular flexibility index (Phi) is 2.07. The van der Waals surface area contributed by atoms with Crippen LogP contribution in [0.3, 0.4) is 0 Å². The zero-order valence-corrected chi connectivity index (χ0v) is 9.11. The molecule has 7 nitrogen and oxygen atoms in total. The molecular formula is C7H5BrN4O3. The van der Waals surface area contributed by atoms with Crippen molar-refractivity contribution in [3.63, 3.8) is 0 Å². The Morgan fingerprint density at radius 1 is 1.67 bits per heavy atom. The zero-order chi connectivity index (χ0) is 11.2. The van der Waals surface area contributed by atoms with E-state index in [0.29, 0.717) is 15.8 Å². The van der Waals surface area contributed by atoms with Crippen molar-refractivity contribution in [1.82, 2.24) is 14.6 Å². The summed E-state index contributed by atoms with van der Waals surface area (Å²) in [4.78, 5) is 25.1. The Morgan fingerprint density at radius 2 is 2.33 bits per heavy atom. The van der Waals surface area contributed by atoms with Gasteiger partial charge in [0.05, 0.1) is 9.40 Å². The average molecular weight is 273 g/mol. The monoisotopic (exact) mass is 272 g/mol. The summed E-state index contributed by atoms with van der Waals surface area (Å²) in [7, 11) is 0. The van der Waals surface area contributed by atoms with Gasteiger partial charge in [-0.25, -0.2) is 4.98 Å². The van der Waals surface area contributed by atoms with Crippen molar-refractivity contribution in [3.05, 3.63) is 36.8 Å². The zero-order valence-electron chi connectivity index (χ0n) is 7.52. The Hall–Kier alpha value is -1.70. The summed E-state index contributed by atoms with van der Waals surface area (Å²) in [5.41, 5.74) is -0.261. The van der Waals surface area contributed by atoms with Gasteiger partial charge in [0.25, 0.3) is 0 Å². The van der Waals surface area contributed by atoms with Crippen molar-refractivity contribution in [2.24, 2.45) is 0 Å². The van der Waals surface area contributed by atoms with Crippen molar-refractivity contribution >= 4 is 27.3 Å². The number of fused-ring (bicyclic) bond motifs is 1. The van der Waals surface area contributed by atoms with Crippen LogP contribution in [0.2, 0.25) is 0 Å². The number of nitrogens with zero attached hydrogens (tertiary/aromatic N) is 3. The molecule has 2 rings (SSSR count). The van der Waals surface area contributed by atoms with E-state index in [1.165, 1.54) is 0 Å². The maximum atomic E-state index is 11.6. The highest BCUT2D eigenvalue weighted by Crippen LogP contribution is 2.19. The van der Waals surface area contributed by atoms with E-state index in [4.69, 9.17) is 0 Å². The van der Waals surface area contributed by atoms with Gasteiger partial charge in [0.2, 0.25) is 0 Å². The molecule has 1 N–H and O–H groups in total. The minimum absolute atomic E-state index is 0.336. The molecule has 8 heteroatoms. The molecular weight excluding hydrogens is 268 g/mol. The summed E-state index contributed by atoms with van der Waals surface area (Å²) in [6.45, 7) is 1.73. The van der Waals surface area contributed by atoms with E-state index in [1.54, 1.807) is 6.92 Å². The van der Waals surface area contributed by atoms with E-state index in [2.05, 4.69) is 26.0 Å². The third kappa shape index (κ3) is 1.33. The lowest BCUT2D eigenvalue weighted by atomic mass is 10.5. The smallest absolute Gasteiger partial charge is 0.293 e. The van der Waals surface area contributed by atoms with Crippen molar-refractivity contribution in [2.75, 3.05) is 0 Å². The first kappa shape index (κ1) is 9.84. The summed E-state index contributed by atoms with van der Waals surface area (Å²) >= 11 is 3.22. The summed E-state index contributed by atoms with van der Waals surface area (Å²) in [6.07, 6.45) is 0.954. The lowest BCUT2D eigenvalue weighted by Gasteiger charge is -1.92. The molecule has 2 aromatic heterocycles. The molecule has 0 aliphatic rings. The van der Waals surface area contributed by atoms with Gasteiger partial charge in [-0.15, -0.1) is 0 Å². The quantitative estimate of drug-likeness (QED) is 0.619. The van der Waals surface area contributed by atoms with Crippen LogP contribution in [-0.2, 0) is 0 Å². The molecule has 2 heterocycles. The molecule has 0 fully saturated rings. The molecule has 78 valence electrons. The molecule has 0 atom stereocenters. The molecule has 0 saturated carbocycles. The van der Waals surface area contributed by atoms with E-state index in [1.807, 2.05) is 0 Å². The lowest BCUT2D eigenvalue weighted by Crippen LogP contribution is -2.18. The van der Waals surface area contributed by atoms with E-state index < -0.39 is 16.2 Å². The van der Waals surface area contributed by atoms with Crippen LogP contribution in [0.15, 0.2) is 15.5 Å². The Balaban J connectivity index is 2.92. The molecule has 2 aromatic rings. The average Bonchev–Trinajstić information content (AvgIpc) is 2.45. The Labute approximate surface area is 91.0 Å². The number of hydrogen-bond acceptors (Lipinski definition) is 4. The van der Waals surface area contributed by atoms with Gasteiger partial charge in [0, 0.05) is 5.69 Å². The maximum Gasteiger partial charge on any atom is 0.354 e. The number of nitrogens with one attached hydrogen (secondary N) is 1. The molecule has 0 unspecified atom stereocenters. The van der Waals surface area contributed by atoms with Gasteiger partial charge < -0.3 is 0 Å². The first-order valence-corrected chi connectivity index (χ1v) is 4.72.